The van der Waals surface area contributed by atoms with Gasteiger partial charge in [0, 0.05) is 0 Å². The molecule has 22 heavy (non-hydrogen) atoms. The van der Waals surface area contributed by atoms with Crippen LogP contribution in [-0.2, 0) is 14.2 Å². The predicted octanol–water partition coefficient (Wildman–Crippen LogP) is -4.97. The summed E-state index contributed by atoms with van der Waals surface area (Å²) in [6.07, 6.45) is -14.4. The molecule has 0 aromatic heterocycles. The lowest BCUT2D eigenvalue weighted by molar-refractivity contribution is -0.337. The standard InChI is InChI=1S/C11H18O11/c12-1-2-8(4(14)6(16)9(18)20-2)21-11-7(17)3(13)5(15)10(19)22-11/h3-7,9-19H,1H2/t3?,4-,5?,6+,7?,9+,10?,11?/m0/s1. The first-order valence-corrected chi connectivity index (χ1v) is 6.37. The Morgan fingerprint density at radius 3 is 2.05 bits per heavy atom. The molecule has 0 spiro atoms. The highest BCUT2D eigenvalue weighted by Crippen LogP contribution is 2.29. The molecule has 11 nitrogen and oxygen atoms in total. The third-order valence-corrected chi connectivity index (χ3v) is 3.35. The lowest BCUT2D eigenvalue weighted by atomic mass is 10.0. The quantitative estimate of drug-likeness (QED) is 0.248. The highest BCUT2D eigenvalue weighted by Gasteiger charge is 2.47. The molecule has 0 aromatic carbocycles. The maximum absolute atomic E-state index is 9.81. The van der Waals surface area contributed by atoms with Crippen LogP contribution in [0, 0.1) is 0 Å². The van der Waals surface area contributed by atoms with Gasteiger partial charge in [0.25, 0.3) is 0 Å². The number of aliphatic hydroxyl groups is 8. The molecule has 2 rings (SSSR count). The summed E-state index contributed by atoms with van der Waals surface area (Å²) in [4.78, 5) is 0. The molecule has 2 heterocycles. The second kappa shape index (κ2) is 6.62. The summed E-state index contributed by atoms with van der Waals surface area (Å²) < 4.78 is 14.5. The van der Waals surface area contributed by atoms with E-state index in [2.05, 4.69) is 0 Å². The predicted molar refractivity (Wildman–Crippen MR) is 63.2 cm³/mol. The van der Waals surface area contributed by atoms with Gasteiger partial charge in [0.05, 0.1) is 0 Å². The fourth-order valence-corrected chi connectivity index (χ4v) is 2.05. The molecule has 128 valence electrons. The van der Waals surface area contributed by atoms with Gasteiger partial charge in [-0.05, 0) is 0 Å². The molecule has 5 unspecified atom stereocenters. The molecule has 8 atom stereocenters. The lowest BCUT2D eigenvalue weighted by Gasteiger charge is -2.40. The average molecular weight is 326 g/mol. The Morgan fingerprint density at radius 2 is 1.45 bits per heavy atom. The zero-order valence-electron chi connectivity index (χ0n) is 11.1. The van der Waals surface area contributed by atoms with Crippen LogP contribution in [0.2, 0.25) is 0 Å². The van der Waals surface area contributed by atoms with Crippen molar-refractivity contribution in [2.75, 3.05) is 6.61 Å². The van der Waals surface area contributed by atoms with Crippen molar-refractivity contribution in [1.82, 2.24) is 0 Å². The van der Waals surface area contributed by atoms with E-state index in [4.69, 9.17) is 19.3 Å². The van der Waals surface area contributed by atoms with Crippen molar-refractivity contribution in [2.45, 2.75) is 49.4 Å². The Balaban J connectivity index is 2.20. The monoisotopic (exact) mass is 326 g/mol. The molecule has 11 heteroatoms. The number of ether oxygens (including phenoxy) is 3. The van der Waals surface area contributed by atoms with Crippen molar-refractivity contribution in [2.24, 2.45) is 0 Å². The Morgan fingerprint density at radius 1 is 0.818 bits per heavy atom. The van der Waals surface area contributed by atoms with Crippen LogP contribution in [0.15, 0.2) is 11.5 Å². The molecule has 2 aliphatic heterocycles. The van der Waals surface area contributed by atoms with Gasteiger partial charge in [-0.3, -0.25) is 0 Å². The van der Waals surface area contributed by atoms with Crippen molar-refractivity contribution in [3.63, 3.8) is 0 Å². The molecule has 0 bridgehead atoms. The minimum atomic E-state index is -1.88. The second-order valence-electron chi connectivity index (χ2n) is 4.87. The van der Waals surface area contributed by atoms with Gasteiger partial charge in [0.1, 0.15) is 37.1 Å². The van der Waals surface area contributed by atoms with E-state index < -0.39 is 67.5 Å². The first-order valence-electron chi connectivity index (χ1n) is 6.37. The molecule has 2 aliphatic rings. The Labute approximate surface area is 123 Å². The molecule has 1 saturated heterocycles. The number of rotatable bonds is 3. The third-order valence-electron chi connectivity index (χ3n) is 3.35. The number of hydrogen-bond acceptors (Lipinski definition) is 11. The second-order valence-corrected chi connectivity index (χ2v) is 4.87. The van der Waals surface area contributed by atoms with E-state index >= 15 is 0 Å². The van der Waals surface area contributed by atoms with E-state index in [1.165, 1.54) is 0 Å². The molecule has 0 aliphatic carbocycles. The van der Waals surface area contributed by atoms with Gasteiger partial charge in [0.15, 0.2) is 17.8 Å². The van der Waals surface area contributed by atoms with E-state index in [0.29, 0.717) is 0 Å². The van der Waals surface area contributed by atoms with Crippen LogP contribution in [0.5, 0.6) is 0 Å². The van der Waals surface area contributed by atoms with Gasteiger partial charge < -0.3 is 55.1 Å². The smallest absolute Gasteiger partial charge is 0.231 e. The third kappa shape index (κ3) is 3.03. The molecule has 0 amide bonds. The zero-order chi connectivity index (χ0) is 16.6. The topological polar surface area (TPSA) is 190 Å². The summed E-state index contributed by atoms with van der Waals surface area (Å²) in [5.74, 6) is -0.989. The number of aliphatic hydroxyl groups excluding tert-OH is 8. The first-order chi connectivity index (χ1) is 10.3. The van der Waals surface area contributed by atoms with E-state index in [1.807, 2.05) is 0 Å². The molecule has 0 radical (unpaired) electrons. The fraction of sp³-hybridized carbons (Fsp3) is 0.818. The average Bonchev–Trinajstić information content (AvgIpc) is 2.50. The normalized spacial score (nSPS) is 46.4. The van der Waals surface area contributed by atoms with Gasteiger partial charge in [-0.2, -0.15) is 0 Å². The zero-order valence-corrected chi connectivity index (χ0v) is 11.1. The Kier molecular flexibility index (Phi) is 5.21. The molecular formula is C11H18O11. The van der Waals surface area contributed by atoms with Crippen LogP contribution < -0.4 is 0 Å². The van der Waals surface area contributed by atoms with Crippen molar-refractivity contribution in [3.05, 3.63) is 11.5 Å². The van der Waals surface area contributed by atoms with Crippen LogP contribution in [0.3, 0.4) is 0 Å². The summed E-state index contributed by atoms with van der Waals surface area (Å²) >= 11 is 0. The maximum Gasteiger partial charge on any atom is 0.231 e. The Hall–Kier alpha value is -1.02. The molecule has 0 saturated carbocycles. The van der Waals surface area contributed by atoms with E-state index in [1.54, 1.807) is 0 Å². The number of hydrogen-bond donors (Lipinski definition) is 8. The van der Waals surface area contributed by atoms with Gasteiger partial charge in [0.2, 0.25) is 12.6 Å². The fourth-order valence-electron chi connectivity index (χ4n) is 2.05. The van der Waals surface area contributed by atoms with Crippen LogP contribution in [0.4, 0.5) is 0 Å². The summed E-state index contributed by atoms with van der Waals surface area (Å²) in [6.45, 7) is -0.813. The summed E-state index contributed by atoms with van der Waals surface area (Å²) in [6, 6.07) is 0. The first kappa shape index (κ1) is 17.3. The largest absolute Gasteiger partial charge is 0.460 e. The molecule has 8 N–H and O–H groups in total. The highest BCUT2D eigenvalue weighted by atomic mass is 16.8. The van der Waals surface area contributed by atoms with Crippen LogP contribution in [-0.4, -0.2) is 96.8 Å². The van der Waals surface area contributed by atoms with Crippen molar-refractivity contribution in [1.29, 1.82) is 0 Å². The minimum absolute atomic E-state index is 0.434. The van der Waals surface area contributed by atoms with Crippen molar-refractivity contribution < 1.29 is 55.1 Å². The van der Waals surface area contributed by atoms with Crippen LogP contribution in [0.25, 0.3) is 0 Å². The van der Waals surface area contributed by atoms with Gasteiger partial charge >= 0.3 is 0 Å². The minimum Gasteiger partial charge on any atom is -0.460 e. The van der Waals surface area contributed by atoms with Gasteiger partial charge in [-0.25, -0.2) is 0 Å². The summed E-state index contributed by atoms with van der Waals surface area (Å²) in [5, 5.41) is 75.7. The summed E-state index contributed by atoms with van der Waals surface area (Å²) in [5.41, 5.74) is 0. The van der Waals surface area contributed by atoms with Crippen molar-refractivity contribution in [3.8, 4) is 0 Å². The van der Waals surface area contributed by atoms with Gasteiger partial charge in [-0.15, -0.1) is 0 Å². The molecule has 0 aromatic rings. The summed E-state index contributed by atoms with van der Waals surface area (Å²) in [7, 11) is 0. The Bertz CT molecular complexity index is 426. The molecular weight excluding hydrogens is 308 g/mol. The van der Waals surface area contributed by atoms with Crippen LogP contribution in [0.1, 0.15) is 0 Å². The van der Waals surface area contributed by atoms with Gasteiger partial charge in [-0.1, -0.05) is 0 Å². The molecule has 1 fully saturated rings. The van der Waals surface area contributed by atoms with Crippen LogP contribution >= 0.6 is 0 Å². The SMILES string of the molecule is OCC1=C(OC2OC(O)C(O)C(O)C2O)[C@@H](O)[C@@H](O)[C@H](O)O1. The van der Waals surface area contributed by atoms with E-state index in [9.17, 15) is 35.7 Å². The van der Waals surface area contributed by atoms with E-state index in [-0.39, 0.29) is 0 Å². The highest BCUT2D eigenvalue weighted by molar-refractivity contribution is 5.14. The lowest BCUT2D eigenvalue weighted by Crippen LogP contribution is -2.58. The van der Waals surface area contributed by atoms with Crippen molar-refractivity contribution >= 4 is 0 Å². The maximum atomic E-state index is 9.81. The van der Waals surface area contributed by atoms with E-state index in [0.717, 1.165) is 0 Å².